The number of hydrogen-bond acceptors (Lipinski definition) is 7. The molecule has 28 heavy (non-hydrogen) atoms. The first-order valence-electron chi connectivity index (χ1n) is 8.85. The van der Waals surface area contributed by atoms with Gasteiger partial charge in [0.2, 0.25) is 5.91 Å². The van der Waals surface area contributed by atoms with E-state index in [1.165, 1.54) is 13.1 Å². The van der Waals surface area contributed by atoms with Crippen molar-refractivity contribution in [3.05, 3.63) is 36.0 Å². The molecule has 1 heterocycles. The van der Waals surface area contributed by atoms with Gasteiger partial charge in [0.1, 0.15) is 11.6 Å². The monoisotopic (exact) mass is 385 g/mol. The SMILES string of the molecule is CCOC(=O)N1CCN(/C=C(/C#N)C(=O)N(C(C)=O)c2ccc(N)cc2)CC1. The number of hydrogen-bond donors (Lipinski definition) is 1. The summed E-state index contributed by atoms with van der Waals surface area (Å²) in [4.78, 5) is 40.9. The number of nitrogens with zero attached hydrogens (tertiary/aromatic N) is 4. The molecule has 0 atom stereocenters. The van der Waals surface area contributed by atoms with Gasteiger partial charge in [0.15, 0.2) is 0 Å². The minimum absolute atomic E-state index is 0.170. The Kier molecular flexibility index (Phi) is 6.98. The Morgan fingerprint density at radius 2 is 1.82 bits per heavy atom. The number of piperazine rings is 1. The number of nitriles is 1. The van der Waals surface area contributed by atoms with Crippen molar-refractivity contribution < 1.29 is 19.1 Å². The smallest absolute Gasteiger partial charge is 0.409 e. The Labute approximate surface area is 163 Å². The topological polar surface area (TPSA) is 120 Å². The molecule has 2 N–H and O–H groups in total. The number of nitrogen functional groups attached to an aromatic ring is 1. The van der Waals surface area contributed by atoms with Crippen LogP contribution in [0.1, 0.15) is 13.8 Å². The molecule has 0 aliphatic carbocycles. The zero-order chi connectivity index (χ0) is 20.7. The van der Waals surface area contributed by atoms with Crippen molar-refractivity contribution in [2.24, 2.45) is 0 Å². The number of amides is 3. The van der Waals surface area contributed by atoms with Gasteiger partial charge in [-0.15, -0.1) is 0 Å². The lowest BCUT2D eigenvalue weighted by molar-refractivity contribution is -0.123. The highest BCUT2D eigenvalue weighted by molar-refractivity contribution is 6.21. The van der Waals surface area contributed by atoms with E-state index in [1.807, 2.05) is 6.07 Å². The predicted octanol–water partition coefficient (Wildman–Crippen LogP) is 1.33. The highest BCUT2D eigenvalue weighted by Gasteiger charge is 2.26. The van der Waals surface area contributed by atoms with Gasteiger partial charge < -0.3 is 20.3 Å². The molecular weight excluding hydrogens is 362 g/mol. The largest absolute Gasteiger partial charge is 0.450 e. The summed E-state index contributed by atoms with van der Waals surface area (Å²) in [5, 5.41) is 9.45. The Morgan fingerprint density at radius 3 is 2.32 bits per heavy atom. The maximum atomic E-state index is 12.8. The molecule has 148 valence electrons. The predicted molar refractivity (Wildman–Crippen MR) is 103 cm³/mol. The summed E-state index contributed by atoms with van der Waals surface area (Å²) >= 11 is 0. The van der Waals surface area contributed by atoms with Gasteiger partial charge in [0, 0.05) is 45.0 Å². The summed E-state index contributed by atoms with van der Waals surface area (Å²) in [6.45, 7) is 5.01. The van der Waals surface area contributed by atoms with Crippen LogP contribution in [0.15, 0.2) is 36.0 Å². The van der Waals surface area contributed by atoms with Crippen LogP contribution in [-0.2, 0) is 14.3 Å². The fourth-order valence-corrected chi connectivity index (χ4v) is 2.75. The van der Waals surface area contributed by atoms with E-state index in [-0.39, 0.29) is 11.7 Å². The minimum Gasteiger partial charge on any atom is -0.450 e. The quantitative estimate of drug-likeness (QED) is 0.471. The van der Waals surface area contributed by atoms with Crippen LogP contribution in [0.5, 0.6) is 0 Å². The van der Waals surface area contributed by atoms with Gasteiger partial charge in [0.05, 0.1) is 12.3 Å². The summed E-state index contributed by atoms with van der Waals surface area (Å²) in [5.41, 5.74) is 6.30. The molecule has 1 aliphatic rings. The lowest BCUT2D eigenvalue weighted by atomic mass is 10.2. The molecule has 2 rings (SSSR count). The number of nitrogens with two attached hydrogens (primary N) is 1. The van der Waals surface area contributed by atoms with E-state index in [2.05, 4.69) is 0 Å². The second kappa shape index (κ2) is 9.41. The molecule has 1 aromatic rings. The molecule has 1 saturated heterocycles. The lowest BCUT2D eigenvalue weighted by Gasteiger charge is -2.33. The number of imide groups is 1. The van der Waals surface area contributed by atoms with Crippen LogP contribution in [0.4, 0.5) is 16.2 Å². The van der Waals surface area contributed by atoms with E-state index < -0.39 is 11.8 Å². The maximum Gasteiger partial charge on any atom is 0.409 e. The van der Waals surface area contributed by atoms with Crippen molar-refractivity contribution in [3.8, 4) is 6.07 Å². The number of ether oxygens (including phenoxy) is 1. The van der Waals surface area contributed by atoms with Gasteiger partial charge in [-0.2, -0.15) is 5.26 Å². The van der Waals surface area contributed by atoms with E-state index >= 15 is 0 Å². The third-order valence-electron chi connectivity index (χ3n) is 4.17. The van der Waals surface area contributed by atoms with Crippen LogP contribution in [-0.4, -0.2) is 60.5 Å². The number of benzene rings is 1. The van der Waals surface area contributed by atoms with Gasteiger partial charge in [-0.25, -0.2) is 9.69 Å². The molecule has 1 aromatic carbocycles. The molecule has 3 amide bonds. The number of anilines is 2. The Bertz CT molecular complexity index is 805. The van der Waals surface area contributed by atoms with Crippen molar-refractivity contribution in [1.82, 2.24) is 9.80 Å². The third kappa shape index (κ3) is 5.01. The molecule has 9 nitrogen and oxygen atoms in total. The van der Waals surface area contributed by atoms with Crippen LogP contribution in [0.3, 0.4) is 0 Å². The van der Waals surface area contributed by atoms with Gasteiger partial charge in [0.25, 0.3) is 5.91 Å². The van der Waals surface area contributed by atoms with Crippen molar-refractivity contribution in [2.45, 2.75) is 13.8 Å². The Hall–Kier alpha value is -3.54. The molecule has 0 aromatic heterocycles. The van der Waals surface area contributed by atoms with Crippen molar-refractivity contribution >= 4 is 29.3 Å². The van der Waals surface area contributed by atoms with E-state index in [0.29, 0.717) is 44.2 Å². The standard InChI is InChI=1S/C19H23N5O4/c1-3-28-19(27)23-10-8-22(9-11-23)13-15(12-20)18(26)24(14(2)25)17-6-4-16(21)5-7-17/h4-7,13H,3,8-11,21H2,1-2H3/b15-13-. The first-order valence-corrected chi connectivity index (χ1v) is 8.85. The van der Waals surface area contributed by atoms with Gasteiger partial charge in [-0.05, 0) is 31.2 Å². The highest BCUT2D eigenvalue weighted by Crippen LogP contribution is 2.19. The van der Waals surface area contributed by atoms with E-state index in [0.717, 1.165) is 4.90 Å². The van der Waals surface area contributed by atoms with Gasteiger partial charge in [-0.3, -0.25) is 9.59 Å². The van der Waals surface area contributed by atoms with Crippen LogP contribution in [0, 0.1) is 11.3 Å². The van der Waals surface area contributed by atoms with Crippen molar-refractivity contribution in [3.63, 3.8) is 0 Å². The van der Waals surface area contributed by atoms with Crippen LogP contribution in [0.25, 0.3) is 0 Å². The fourth-order valence-electron chi connectivity index (χ4n) is 2.75. The third-order valence-corrected chi connectivity index (χ3v) is 4.17. The summed E-state index contributed by atoms with van der Waals surface area (Å²) < 4.78 is 4.97. The minimum atomic E-state index is -0.715. The second-order valence-corrected chi connectivity index (χ2v) is 6.13. The van der Waals surface area contributed by atoms with Crippen LogP contribution in [0.2, 0.25) is 0 Å². The lowest BCUT2D eigenvalue weighted by Crippen LogP contribution is -2.47. The average molecular weight is 385 g/mol. The Morgan fingerprint density at radius 1 is 1.21 bits per heavy atom. The van der Waals surface area contributed by atoms with Gasteiger partial charge in [-0.1, -0.05) is 0 Å². The zero-order valence-corrected chi connectivity index (χ0v) is 15.9. The summed E-state index contributed by atoms with van der Waals surface area (Å²) in [5.74, 6) is -1.23. The molecule has 0 bridgehead atoms. The molecular formula is C19H23N5O4. The van der Waals surface area contributed by atoms with E-state index in [1.54, 1.807) is 41.0 Å². The zero-order valence-electron chi connectivity index (χ0n) is 15.9. The average Bonchev–Trinajstić information content (AvgIpc) is 2.68. The molecule has 0 spiro atoms. The van der Waals surface area contributed by atoms with E-state index in [9.17, 15) is 19.6 Å². The fraction of sp³-hybridized carbons (Fsp3) is 0.368. The first-order chi connectivity index (χ1) is 13.4. The second-order valence-electron chi connectivity index (χ2n) is 6.13. The molecule has 9 heteroatoms. The molecule has 1 aliphatic heterocycles. The maximum absolute atomic E-state index is 12.8. The summed E-state index contributed by atoms with van der Waals surface area (Å²) in [7, 11) is 0. The van der Waals surface area contributed by atoms with Crippen molar-refractivity contribution in [2.75, 3.05) is 43.4 Å². The number of rotatable bonds is 4. The van der Waals surface area contributed by atoms with Crippen LogP contribution >= 0.6 is 0 Å². The highest BCUT2D eigenvalue weighted by atomic mass is 16.6. The molecule has 0 saturated carbocycles. The number of carbonyl (C=O) groups excluding carboxylic acids is 3. The van der Waals surface area contributed by atoms with Gasteiger partial charge >= 0.3 is 6.09 Å². The van der Waals surface area contributed by atoms with Crippen molar-refractivity contribution in [1.29, 1.82) is 5.26 Å². The van der Waals surface area contributed by atoms with Crippen LogP contribution < -0.4 is 10.6 Å². The first kappa shape index (κ1) is 20.8. The normalized spacial score (nSPS) is 14.2. The molecule has 0 unspecified atom stereocenters. The summed E-state index contributed by atoms with van der Waals surface area (Å²) in [6, 6.07) is 8.10. The molecule has 1 fully saturated rings. The Balaban J connectivity index is 2.13. The summed E-state index contributed by atoms with van der Waals surface area (Å²) in [6.07, 6.45) is 1.05. The molecule has 0 radical (unpaired) electrons. The van der Waals surface area contributed by atoms with E-state index in [4.69, 9.17) is 10.5 Å². The number of carbonyl (C=O) groups is 3.